The monoisotopic (exact) mass is 294 g/mol. The van der Waals surface area contributed by atoms with Crippen molar-refractivity contribution in [3.8, 4) is 0 Å². The molecule has 1 aromatic rings. The summed E-state index contributed by atoms with van der Waals surface area (Å²) in [6.45, 7) is 3.56. The third-order valence-electron chi connectivity index (χ3n) is 3.93. The van der Waals surface area contributed by atoms with E-state index in [4.69, 9.17) is 10.9 Å². The predicted molar refractivity (Wildman–Crippen MR) is 80.8 cm³/mol. The van der Waals surface area contributed by atoms with Crippen LogP contribution in [0.3, 0.4) is 0 Å². The van der Waals surface area contributed by atoms with Crippen molar-refractivity contribution in [1.82, 2.24) is 10.2 Å². The normalized spacial score (nSPS) is 20.7. The van der Waals surface area contributed by atoms with Crippen LogP contribution in [0.15, 0.2) is 23.4 Å². The maximum absolute atomic E-state index is 14.2. The number of likely N-dealkylation sites (tertiary alicyclic amines) is 1. The second-order valence-electron chi connectivity index (χ2n) is 5.67. The van der Waals surface area contributed by atoms with Crippen molar-refractivity contribution in [3.63, 3.8) is 0 Å². The fourth-order valence-electron chi connectivity index (χ4n) is 2.82. The Bertz CT molecular complexity index is 506. The molecule has 0 amide bonds. The summed E-state index contributed by atoms with van der Waals surface area (Å²) in [5, 5.41) is 14.8. The number of halogens is 1. The van der Waals surface area contributed by atoms with Crippen LogP contribution >= 0.6 is 0 Å². The van der Waals surface area contributed by atoms with Crippen LogP contribution in [0.5, 0.6) is 0 Å². The van der Waals surface area contributed by atoms with Gasteiger partial charge in [-0.05, 0) is 45.0 Å². The van der Waals surface area contributed by atoms with Crippen LogP contribution in [-0.2, 0) is 6.54 Å². The number of benzene rings is 1. The molecule has 5 nitrogen and oxygen atoms in total. The van der Waals surface area contributed by atoms with E-state index >= 15 is 0 Å². The van der Waals surface area contributed by atoms with E-state index in [2.05, 4.69) is 22.4 Å². The molecule has 1 aliphatic rings. The molecule has 0 radical (unpaired) electrons. The van der Waals surface area contributed by atoms with Gasteiger partial charge < -0.3 is 21.2 Å². The number of piperidine rings is 1. The Morgan fingerprint density at radius 2 is 2.38 bits per heavy atom. The SMILES string of the molecule is CN1CCCC(CNCc2cccc(/C(N)=N/O)c2F)C1. The molecule has 1 aliphatic heterocycles. The lowest BCUT2D eigenvalue weighted by atomic mass is 9.98. The number of rotatable bonds is 5. The van der Waals surface area contributed by atoms with E-state index in [-0.39, 0.29) is 11.4 Å². The first-order valence-corrected chi connectivity index (χ1v) is 7.26. The van der Waals surface area contributed by atoms with Gasteiger partial charge in [0, 0.05) is 18.7 Å². The fourth-order valence-corrected chi connectivity index (χ4v) is 2.82. The molecule has 1 unspecified atom stereocenters. The lowest BCUT2D eigenvalue weighted by molar-refractivity contribution is 0.206. The highest BCUT2D eigenvalue weighted by Crippen LogP contribution is 2.15. The highest BCUT2D eigenvalue weighted by molar-refractivity contribution is 5.97. The molecule has 6 heteroatoms. The van der Waals surface area contributed by atoms with Gasteiger partial charge in [-0.25, -0.2) is 4.39 Å². The first-order chi connectivity index (χ1) is 10.1. The number of hydrogen-bond donors (Lipinski definition) is 3. The molecule has 1 heterocycles. The molecule has 1 atom stereocenters. The molecular formula is C15H23FN4O. The Hall–Kier alpha value is -1.66. The summed E-state index contributed by atoms with van der Waals surface area (Å²) in [6.07, 6.45) is 2.43. The maximum atomic E-state index is 14.2. The van der Waals surface area contributed by atoms with Crippen LogP contribution in [0.2, 0.25) is 0 Å². The van der Waals surface area contributed by atoms with E-state index in [1.165, 1.54) is 18.9 Å². The average Bonchev–Trinajstić information content (AvgIpc) is 2.48. The second-order valence-corrected chi connectivity index (χ2v) is 5.67. The summed E-state index contributed by atoms with van der Waals surface area (Å²) in [6, 6.07) is 4.93. The number of oxime groups is 1. The first kappa shape index (κ1) is 15.7. The zero-order valence-electron chi connectivity index (χ0n) is 12.3. The number of nitrogens with two attached hydrogens (primary N) is 1. The minimum absolute atomic E-state index is 0.134. The second kappa shape index (κ2) is 7.38. The topological polar surface area (TPSA) is 73.9 Å². The first-order valence-electron chi connectivity index (χ1n) is 7.26. The van der Waals surface area contributed by atoms with Gasteiger partial charge in [-0.2, -0.15) is 0 Å². The molecule has 0 bridgehead atoms. The van der Waals surface area contributed by atoms with Crippen molar-refractivity contribution in [2.24, 2.45) is 16.8 Å². The van der Waals surface area contributed by atoms with Crippen molar-refractivity contribution in [3.05, 3.63) is 35.1 Å². The summed E-state index contributed by atoms with van der Waals surface area (Å²) >= 11 is 0. The number of nitrogens with zero attached hydrogens (tertiary/aromatic N) is 2. The van der Waals surface area contributed by atoms with Crippen molar-refractivity contribution in [2.45, 2.75) is 19.4 Å². The van der Waals surface area contributed by atoms with Crippen molar-refractivity contribution >= 4 is 5.84 Å². The van der Waals surface area contributed by atoms with E-state index in [0.717, 1.165) is 19.6 Å². The highest BCUT2D eigenvalue weighted by atomic mass is 19.1. The third kappa shape index (κ3) is 4.15. The maximum Gasteiger partial charge on any atom is 0.173 e. The minimum atomic E-state index is -0.430. The van der Waals surface area contributed by atoms with E-state index in [1.54, 1.807) is 12.1 Å². The quantitative estimate of drug-likeness (QED) is 0.332. The standard InChI is InChI=1S/C15H23FN4O/c1-20-7-3-4-11(10-20)8-18-9-12-5-2-6-13(14(12)16)15(17)19-21/h2,5-6,11,18,21H,3-4,7-10H2,1H3,(H2,17,19). The van der Waals surface area contributed by atoms with E-state index in [9.17, 15) is 4.39 Å². The molecule has 4 N–H and O–H groups in total. The van der Waals surface area contributed by atoms with Gasteiger partial charge in [0.15, 0.2) is 5.84 Å². The molecule has 1 fully saturated rings. The molecule has 0 aliphatic carbocycles. The van der Waals surface area contributed by atoms with Gasteiger partial charge in [-0.15, -0.1) is 0 Å². The Balaban J connectivity index is 1.91. The fraction of sp³-hybridized carbons (Fsp3) is 0.533. The van der Waals surface area contributed by atoms with Gasteiger partial charge in [-0.3, -0.25) is 0 Å². The molecule has 1 aromatic carbocycles. The molecule has 0 saturated carbocycles. The largest absolute Gasteiger partial charge is 0.409 e. The van der Waals surface area contributed by atoms with Crippen molar-refractivity contribution in [2.75, 3.05) is 26.7 Å². The zero-order valence-corrected chi connectivity index (χ0v) is 12.3. The molecule has 0 aromatic heterocycles. The lowest BCUT2D eigenvalue weighted by Crippen LogP contribution is -2.37. The summed E-state index contributed by atoms with van der Waals surface area (Å²) in [5.74, 6) is -0.0246. The Labute approximate surface area is 124 Å². The van der Waals surface area contributed by atoms with Crippen LogP contribution in [0.4, 0.5) is 4.39 Å². The average molecular weight is 294 g/mol. The molecule has 1 saturated heterocycles. The predicted octanol–water partition coefficient (Wildman–Crippen LogP) is 1.35. The molecule has 21 heavy (non-hydrogen) atoms. The Kier molecular flexibility index (Phi) is 5.52. The summed E-state index contributed by atoms with van der Waals surface area (Å²) in [5.41, 5.74) is 6.12. The smallest absolute Gasteiger partial charge is 0.173 e. The van der Waals surface area contributed by atoms with Gasteiger partial charge in [0.2, 0.25) is 0 Å². The van der Waals surface area contributed by atoms with E-state index < -0.39 is 5.82 Å². The third-order valence-corrected chi connectivity index (χ3v) is 3.93. The Morgan fingerprint density at radius 3 is 3.10 bits per heavy atom. The van der Waals surface area contributed by atoms with Crippen LogP contribution in [-0.4, -0.2) is 42.6 Å². The molecule has 116 valence electrons. The lowest BCUT2D eigenvalue weighted by Gasteiger charge is -2.29. The highest BCUT2D eigenvalue weighted by Gasteiger charge is 2.17. The zero-order chi connectivity index (χ0) is 15.2. The summed E-state index contributed by atoms with van der Waals surface area (Å²) < 4.78 is 14.2. The molecule has 0 spiro atoms. The van der Waals surface area contributed by atoms with Crippen LogP contribution in [0, 0.1) is 11.7 Å². The van der Waals surface area contributed by atoms with Gasteiger partial charge in [0.1, 0.15) is 5.82 Å². The Morgan fingerprint density at radius 1 is 1.57 bits per heavy atom. The van der Waals surface area contributed by atoms with E-state index in [0.29, 0.717) is 18.0 Å². The van der Waals surface area contributed by atoms with E-state index in [1.807, 2.05) is 0 Å². The number of amidine groups is 1. The van der Waals surface area contributed by atoms with Gasteiger partial charge in [-0.1, -0.05) is 17.3 Å². The van der Waals surface area contributed by atoms with Crippen molar-refractivity contribution < 1.29 is 9.60 Å². The van der Waals surface area contributed by atoms with Gasteiger partial charge in [0.05, 0.1) is 5.56 Å². The van der Waals surface area contributed by atoms with Crippen LogP contribution < -0.4 is 11.1 Å². The van der Waals surface area contributed by atoms with Gasteiger partial charge in [0.25, 0.3) is 0 Å². The van der Waals surface area contributed by atoms with Crippen molar-refractivity contribution in [1.29, 1.82) is 0 Å². The number of nitrogens with one attached hydrogen (secondary N) is 1. The van der Waals surface area contributed by atoms with Crippen LogP contribution in [0.1, 0.15) is 24.0 Å². The van der Waals surface area contributed by atoms with Gasteiger partial charge >= 0.3 is 0 Å². The van der Waals surface area contributed by atoms with Crippen LogP contribution in [0.25, 0.3) is 0 Å². The number of hydrogen-bond acceptors (Lipinski definition) is 4. The summed E-state index contributed by atoms with van der Waals surface area (Å²) in [7, 11) is 2.13. The molecule has 2 rings (SSSR count). The molecular weight excluding hydrogens is 271 g/mol. The minimum Gasteiger partial charge on any atom is -0.409 e. The summed E-state index contributed by atoms with van der Waals surface area (Å²) in [4.78, 5) is 2.33.